The molecule has 0 spiro atoms. The lowest BCUT2D eigenvalue weighted by molar-refractivity contribution is 0.117. The molecule has 0 aromatic carbocycles. The van der Waals surface area contributed by atoms with E-state index < -0.39 is 5.60 Å². The molecule has 0 saturated carbocycles. The van der Waals surface area contributed by atoms with Gasteiger partial charge in [-0.25, -0.2) is 0 Å². The zero-order valence-electron chi connectivity index (χ0n) is 11.0. The third kappa shape index (κ3) is 4.36. The highest BCUT2D eigenvalue weighted by molar-refractivity contribution is 5.22. The first-order valence-electron chi connectivity index (χ1n) is 6.13. The summed E-state index contributed by atoms with van der Waals surface area (Å²) >= 11 is 0. The molecule has 0 aromatic heterocycles. The van der Waals surface area contributed by atoms with Crippen LogP contribution in [0.4, 0.5) is 0 Å². The van der Waals surface area contributed by atoms with Gasteiger partial charge >= 0.3 is 0 Å². The van der Waals surface area contributed by atoms with Gasteiger partial charge in [0.1, 0.15) is 0 Å². The Labute approximate surface area is 99.6 Å². The van der Waals surface area contributed by atoms with Gasteiger partial charge in [-0.05, 0) is 59.0 Å². The second kappa shape index (κ2) is 5.49. The predicted octanol–water partition coefficient (Wildman–Crippen LogP) is 4.15. The number of allylic oxidation sites excluding steroid dienone is 5. The van der Waals surface area contributed by atoms with Gasteiger partial charge in [0, 0.05) is 0 Å². The van der Waals surface area contributed by atoms with Crippen LogP contribution < -0.4 is 0 Å². The van der Waals surface area contributed by atoms with E-state index in [0.29, 0.717) is 0 Å². The van der Waals surface area contributed by atoms with Crippen LogP contribution in [-0.2, 0) is 0 Å². The number of hydrogen-bond donors (Lipinski definition) is 1. The molecule has 0 fully saturated rings. The Morgan fingerprint density at radius 1 is 1.00 bits per heavy atom. The van der Waals surface area contributed by atoms with Crippen molar-refractivity contribution < 1.29 is 5.11 Å². The van der Waals surface area contributed by atoms with Crippen LogP contribution in [0.25, 0.3) is 0 Å². The molecule has 0 heterocycles. The molecule has 0 amide bonds. The molecule has 1 aliphatic rings. The Kier molecular flexibility index (Phi) is 4.55. The van der Waals surface area contributed by atoms with Crippen molar-refractivity contribution in [3.05, 3.63) is 34.9 Å². The van der Waals surface area contributed by atoms with Crippen molar-refractivity contribution in [1.29, 1.82) is 0 Å². The number of hydrogen-bond acceptors (Lipinski definition) is 1. The van der Waals surface area contributed by atoms with Gasteiger partial charge in [-0.1, -0.05) is 29.4 Å². The zero-order chi connectivity index (χ0) is 12.2. The van der Waals surface area contributed by atoms with Crippen molar-refractivity contribution in [1.82, 2.24) is 0 Å². The molecule has 0 aromatic rings. The van der Waals surface area contributed by atoms with Crippen LogP contribution in [-0.4, -0.2) is 10.7 Å². The highest BCUT2D eigenvalue weighted by Crippen LogP contribution is 2.24. The summed E-state index contributed by atoms with van der Waals surface area (Å²) in [6, 6.07) is 0. The molecule has 1 heteroatoms. The fourth-order valence-corrected chi connectivity index (χ4v) is 1.88. The first-order chi connectivity index (χ1) is 7.39. The highest BCUT2D eigenvalue weighted by Gasteiger charge is 2.18. The molecule has 0 radical (unpaired) electrons. The van der Waals surface area contributed by atoms with Crippen LogP contribution in [0, 0.1) is 0 Å². The molecule has 0 bridgehead atoms. The van der Waals surface area contributed by atoms with Gasteiger partial charge < -0.3 is 5.11 Å². The Morgan fingerprint density at radius 3 is 2.31 bits per heavy atom. The van der Waals surface area contributed by atoms with E-state index in [0.717, 1.165) is 31.3 Å². The summed E-state index contributed by atoms with van der Waals surface area (Å²) < 4.78 is 0. The fraction of sp³-hybridized carbons (Fsp3) is 0.600. The normalized spacial score (nSPS) is 29.4. The molecule has 16 heavy (non-hydrogen) atoms. The fourth-order valence-electron chi connectivity index (χ4n) is 1.88. The quantitative estimate of drug-likeness (QED) is 0.658. The predicted molar refractivity (Wildman–Crippen MR) is 70.4 cm³/mol. The molecule has 1 nitrogen and oxygen atoms in total. The summed E-state index contributed by atoms with van der Waals surface area (Å²) in [6.45, 7) is 8.07. The monoisotopic (exact) mass is 220 g/mol. The van der Waals surface area contributed by atoms with E-state index in [1.165, 1.54) is 11.1 Å². The van der Waals surface area contributed by atoms with Crippen molar-refractivity contribution in [2.24, 2.45) is 0 Å². The SMILES string of the molecule is C/C1=C/CC/C(C)=C\C/C(C(C)(C)O)=C/C1. The van der Waals surface area contributed by atoms with Crippen molar-refractivity contribution in [3.8, 4) is 0 Å². The van der Waals surface area contributed by atoms with E-state index in [4.69, 9.17) is 0 Å². The van der Waals surface area contributed by atoms with Gasteiger partial charge in [-0.15, -0.1) is 0 Å². The lowest BCUT2D eigenvalue weighted by Gasteiger charge is -2.22. The summed E-state index contributed by atoms with van der Waals surface area (Å²) in [5.41, 5.74) is 3.25. The smallest absolute Gasteiger partial charge is 0.0803 e. The molecular formula is C15H24O. The first-order valence-corrected chi connectivity index (χ1v) is 6.13. The van der Waals surface area contributed by atoms with Crippen LogP contribution >= 0.6 is 0 Å². The molecule has 1 aliphatic carbocycles. The minimum absolute atomic E-state index is 0.698. The molecule has 0 unspecified atom stereocenters. The van der Waals surface area contributed by atoms with E-state index in [9.17, 15) is 5.11 Å². The summed E-state index contributed by atoms with van der Waals surface area (Å²) in [6.07, 6.45) is 10.9. The number of rotatable bonds is 1. The van der Waals surface area contributed by atoms with E-state index in [2.05, 4.69) is 32.1 Å². The Hall–Kier alpha value is -0.820. The van der Waals surface area contributed by atoms with Crippen molar-refractivity contribution >= 4 is 0 Å². The minimum Gasteiger partial charge on any atom is -0.386 e. The molecular weight excluding hydrogens is 196 g/mol. The Morgan fingerprint density at radius 2 is 1.69 bits per heavy atom. The maximum absolute atomic E-state index is 10.1. The Bertz CT molecular complexity index is 324. The lowest BCUT2D eigenvalue weighted by atomic mass is 9.91. The lowest BCUT2D eigenvalue weighted by Crippen LogP contribution is -2.21. The average Bonchev–Trinajstić information content (AvgIpc) is 2.15. The van der Waals surface area contributed by atoms with Gasteiger partial charge in [-0.3, -0.25) is 0 Å². The summed E-state index contributed by atoms with van der Waals surface area (Å²) in [5, 5.41) is 10.1. The van der Waals surface area contributed by atoms with Gasteiger partial charge in [-0.2, -0.15) is 0 Å². The maximum atomic E-state index is 10.1. The standard InChI is InChI=1S/C15H24O/c1-12-6-5-7-13(2)9-11-14(10-8-12)15(3,4)16/h6,9-10,16H,5,7-8,11H2,1-4H3/b12-6-,13-9-,14-10-. The maximum Gasteiger partial charge on any atom is 0.0803 e. The molecule has 1 N–H and O–H groups in total. The third-order valence-electron chi connectivity index (χ3n) is 3.16. The topological polar surface area (TPSA) is 20.2 Å². The summed E-state index contributed by atoms with van der Waals surface area (Å²) in [4.78, 5) is 0. The van der Waals surface area contributed by atoms with Crippen LogP contribution in [0.3, 0.4) is 0 Å². The van der Waals surface area contributed by atoms with E-state index >= 15 is 0 Å². The second-order valence-electron chi connectivity index (χ2n) is 5.34. The average molecular weight is 220 g/mol. The highest BCUT2D eigenvalue weighted by atomic mass is 16.3. The van der Waals surface area contributed by atoms with Gasteiger partial charge in [0.05, 0.1) is 5.60 Å². The number of aliphatic hydroxyl groups is 1. The summed E-state index contributed by atoms with van der Waals surface area (Å²) in [5.74, 6) is 0. The van der Waals surface area contributed by atoms with Crippen LogP contribution in [0.1, 0.15) is 53.4 Å². The molecule has 0 saturated heterocycles. The van der Waals surface area contributed by atoms with Gasteiger partial charge in [0.25, 0.3) is 0 Å². The largest absolute Gasteiger partial charge is 0.386 e. The van der Waals surface area contributed by atoms with Crippen LogP contribution in [0.15, 0.2) is 34.9 Å². The van der Waals surface area contributed by atoms with Crippen LogP contribution in [0.5, 0.6) is 0 Å². The van der Waals surface area contributed by atoms with E-state index in [1.54, 1.807) is 0 Å². The molecule has 90 valence electrons. The van der Waals surface area contributed by atoms with Crippen molar-refractivity contribution in [2.45, 2.75) is 59.0 Å². The van der Waals surface area contributed by atoms with E-state index in [1.807, 2.05) is 13.8 Å². The van der Waals surface area contributed by atoms with Crippen molar-refractivity contribution in [2.75, 3.05) is 0 Å². The zero-order valence-corrected chi connectivity index (χ0v) is 11.0. The minimum atomic E-state index is -0.698. The molecule has 1 rings (SSSR count). The van der Waals surface area contributed by atoms with E-state index in [-0.39, 0.29) is 0 Å². The molecule has 0 aliphatic heterocycles. The summed E-state index contributed by atoms with van der Waals surface area (Å²) in [7, 11) is 0. The van der Waals surface area contributed by atoms with Gasteiger partial charge in [0.2, 0.25) is 0 Å². The first kappa shape index (κ1) is 13.2. The van der Waals surface area contributed by atoms with Crippen LogP contribution in [0.2, 0.25) is 0 Å². The van der Waals surface area contributed by atoms with Crippen molar-refractivity contribution in [3.63, 3.8) is 0 Å². The second-order valence-corrected chi connectivity index (χ2v) is 5.34. The Balaban J connectivity index is 2.93. The molecule has 0 atom stereocenters. The third-order valence-corrected chi connectivity index (χ3v) is 3.16. The van der Waals surface area contributed by atoms with Gasteiger partial charge in [0.15, 0.2) is 0 Å².